The van der Waals surface area contributed by atoms with Crippen LogP contribution in [0.2, 0.25) is 0 Å². The summed E-state index contributed by atoms with van der Waals surface area (Å²) in [5.74, 6) is -0.938. The Morgan fingerprint density at radius 3 is 2.34 bits per heavy atom. The van der Waals surface area contributed by atoms with Gasteiger partial charge in [0.2, 0.25) is 11.5 Å². The van der Waals surface area contributed by atoms with Crippen molar-refractivity contribution in [1.29, 1.82) is 0 Å². The Labute approximate surface area is 184 Å². The zero-order chi connectivity index (χ0) is 23.6. The number of hydrogen-bond donors (Lipinski definition) is 0. The monoisotopic (exact) mass is 445 g/mol. The van der Waals surface area contributed by atoms with Crippen molar-refractivity contribution in [2.45, 2.75) is 6.10 Å². The normalized spacial score (nSPS) is 14.7. The van der Waals surface area contributed by atoms with E-state index in [9.17, 15) is 19.7 Å². The van der Waals surface area contributed by atoms with Crippen LogP contribution >= 0.6 is 0 Å². The summed E-state index contributed by atoms with van der Waals surface area (Å²) < 4.78 is 21.5. The van der Waals surface area contributed by atoms with E-state index in [1.165, 1.54) is 37.2 Å². The molecule has 0 saturated heterocycles. The Bertz CT molecular complexity index is 1070. The highest BCUT2D eigenvalue weighted by molar-refractivity contribution is 6.11. The van der Waals surface area contributed by atoms with Crippen LogP contribution in [-0.4, -0.2) is 69.7 Å². The lowest BCUT2D eigenvalue weighted by atomic mass is 10.1. The molecule has 32 heavy (non-hydrogen) atoms. The molecule has 0 saturated carbocycles. The number of benzene rings is 2. The molecule has 1 aliphatic heterocycles. The first-order valence-corrected chi connectivity index (χ1v) is 9.51. The van der Waals surface area contributed by atoms with Gasteiger partial charge >= 0.3 is 5.69 Å². The smallest absolute Gasteiger partial charge is 0.327 e. The van der Waals surface area contributed by atoms with Crippen molar-refractivity contribution in [3.8, 4) is 23.0 Å². The zero-order valence-electron chi connectivity index (χ0n) is 18.3. The quantitative estimate of drug-likeness (QED) is 0.490. The van der Waals surface area contributed by atoms with E-state index >= 15 is 0 Å². The van der Waals surface area contributed by atoms with Crippen molar-refractivity contribution >= 4 is 23.2 Å². The van der Waals surface area contributed by atoms with Crippen LogP contribution in [-0.2, 0) is 4.79 Å². The molecule has 2 aromatic carbocycles. The third-order valence-electron chi connectivity index (χ3n) is 4.95. The lowest BCUT2D eigenvalue weighted by Gasteiger charge is -2.35. The highest BCUT2D eigenvalue weighted by atomic mass is 16.6. The van der Waals surface area contributed by atoms with E-state index in [1.54, 1.807) is 38.4 Å². The molecule has 1 heterocycles. The molecule has 0 aliphatic carbocycles. The first kappa shape index (κ1) is 22.7. The predicted molar refractivity (Wildman–Crippen MR) is 114 cm³/mol. The van der Waals surface area contributed by atoms with Crippen molar-refractivity contribution in [1.82, 2.24) is 4.90 Å². The number of methoxy groups -OCH3 is 3. The lowest BCUT2D eigenvalue weighted by molar-refractivity contribution is -0.386. The number of rotatable bonds is 6. The Hall–Kier alpha value is -4.02. The molecule has 1 aliphatic rings. The lowest BCUT2D eigenvalue weighted by Crippen LogP contribution is -2.50. The summed E-state index contributed by atoms with van der Waals surface area (Å²) in [4.78, 5) is 40.1. The van der Waals surface area contributed by atoms with Gasteiger partial charge in [0.25, 0.3) is 11.8 Å². The number of nitro benzene ring substituents is 1. The summed E-state index contributed by atoms with van der Waals surface area (Å²) in [6.45, 7) is -0.138. The summed E-state index contributed by atoms with van der Waals surface area (Å²) in [5.41, 5.74) is -0.477. The third kappa shape index (κ3) is 3.84. The van der Waals surface area contributed by atoms with Crippen molar-refractivity contribution < 1.29 is 33.5 Å². The molecule has 1 atom stereocenters. The molecule has 1 unspecified atom stereocenters. The van der Waals surface area contributed by atoms with Crippen LogP contribution in [0.1, 0.15) is 10.4 Å². The third-order valence-corrected chi connectivity index (χ3v) is 4.95. The molecule has 0 fully saturated rings. The van der Waals surface area contributed by atoms with Gasteiger partial charge in [-0.25, -0.2) is 0 Å². The average Bonchev–Trinajstić information content (AvgIpc) is 2.80. The molecule has 170 valence electrons. The number of carbonyl (C=O) groups excluding carboxylic acids is 2. The Morgan fingerprint density at radius 1 is 1.12 bits per heavy atom. The van der Waals surface area contributed by atoms with Crippen molar-refractivity contribution in [2.24, 2.45) is 0 Å². The highest BCUT2D eigenvalue weighted by Gasteiger charge is 2.39. The van der Waals surface area contributed by atoms with Gasteiger partial charge in [-0.3, -0.25) is 19.7 Å². The summed E-state index contributed by atoms with van der Waals surface area (Å²) in [6.07, 6.45) is -0.982. The van der Waals surface area contributed by atoms with Gasteiger partial charge in [0.15, 0.2) is 11.9 Å². The van der Waals surface area contributed by atoms with Gasteiger partial charge in [0.1, 0.15) is 11.3 Å². The maximum Gasteiger partial charge on any atom is 0.327 e. The van der Waals surface area contributed by atoms with E-state index in [-0.39, 0.29) is 35.3 Å². The molecule has 0 aromatic heterocycles. The van der Waals surface area contributed by atoms with Crippen molar-refractivity contribution in [2.75, 3.05) is 46.9 Å². The number of carbonyl (C=O) groups is 2. The maximum absolute atomic E-state index is 13.7. The standard InChI is InChI=1S/C21H23N3O8/c1-22(2)21(26)16-11-23(13-8-6-7-9-14(13)32-16)20(25)12-10-15(29-3)18(30-4)19(31-5)17(12)24(27)28/h6-10,16H,11H2,1-5H3. The average molecular weight is 445 g/mol. The van der Waals surface area contributed by atoms with Crippen molar-refractivity contribution in [3.05, 3.63) is 46.0 Å². The molecular formula is C21H23N3O8. The second kappa shape index (κ2) is 9.00. The number of hydrogen-bond acceptors (Lipinski definition) is 8. The summed E-state index contributed by atoms with van der Waals surface area (Å²) in [7, 11) is 7.02. The van der Waals surface area contributed by atoms with Gasteiger partial charge in [-0.05, 0) is 12.1 Å². The SMILES string of the molecule is COc1cc(C(=O)N2CC(C(=O)N(C)C)Oc3ccccc32)c([N+](=O)[O-])c(OC)c1OC. The minimum absolute atomic E-state index is 0.0127. The van der Waals surface area contributed by atoms with Crippen LogP contribution in [0.25, 0.3) is 0 Å². The zero-order valence-corrected chi connectivity index (χ0v) is 18.3. The molecule has 0 radical (unpaired) electrons. The van der Waals surface area contributed by atoms with Crippen LogP contribution < -0.4 is 23.8 Å². The largest absolute Gasteiger partial charge is 0.493 e. The fraction of sp³-hybridized carbons (Fsp3) is 0.333. The van der Waals surface area contributed by atoms with Gasteiger partial charge in [0.05, 0.1) is 38.5 Å². The Kier molecular flexibility index (Phi) is 6.37. The number of nitro groups is 1. The topological polar surface area (TPSA) is 121 Å². The van der Waals surface area contributed by atoms with Gasteiger partial charge < -0.3 is 28.7 Å². The summed E-state index contributed by atoms with van der Waals surface area (Å²) >= 11 is 0. The van der Waals surface area contributed by atoms with Gasteiger partial charge in [-0.2, -0.15) is 0 Å². The fourth-order valence-electron chi connectivity index (χ4n) is 3.47. The first-order valence-electron chi connectivity index (χ1n) is 9.51. The van der Waals surface area contributed by atoms with E-state index in [2.05, 4.69) is 0 Å². The molecular weight excluding hydrogens is 422 g/mol. The number of nitrogens with zero attached hydrogens (tertiary/aromatic N) is 3. The van der Waals surface area contributed by atoms with Gasteiger partial charge in [-0.1, -0.05) is 12.1 Å². The van der Waals surface area contributed by atoms with Gasteiger partial charge in [0, 0.05) is 20.2 Å². The van der Waals surface area contributed by atoms with Crippen LogP contribution in [0, 0.1) is 10.1 Å². The second-order valence-corrected chi connectivity index (χ2v) is 7.02. The number of likely N-dealkylation sites (N-methyl/N-ethyl adjacent to an activating group) is 1. The van der Waals surface area contributed by atoms with E-state index in [4.69, 9.17) is 18.9 Å². The van der Waals surface area contributed by atoms with Crippen molar-refractivity contribution in [3.63, 3.8) is 0 Å². The predicted octanol–water partition coefficient (Wildman–Crippen LogP) is 2.12. The number of ether oxygens (including phenoxy) is 4. The molecule has 3 rings (SSSR count). The minimum atomic E-state index is -0.982. The van der Waals surface area contributed by atoms with Gasteiger partial charge in [-0.15, -0.1) is 0 Å². The Balaban J connectivity index is 2.19. The number of fused-ring (bicyclic) bond motifs is 1. The number of amides is 2. The molecule has 11 heteroatoms. The molecule has 11 nitrogen and oxygen atoms in total. The second-order valence-electron chi connectivity index (χ2n) is 7.02. The molecule has 2 aromatic rings. The molecule has 0 N–H and O–H groups in total. The Morgan fingerprint density at radius 2 is 1.78 bits per heavy atom. The molecule has 0 bridgehead atoms. The van der Waals surface area contributed by atoms with Crippen LogP contribution in [0.3, 0.4) is 0 Å². The summed E-state index contributed by atoms with van der Waals surface area (Å²) in [5, 5.41) is 11.9. The number of anilines is 1. The number of para-hydroxylation sites is 2. The highest BCUT2D eigenvalue weighted by Crippen LogP contribution is 2.47. The van der Waals surface area contributed by atoms with E-state index in [0.29, 0.717) is 11.4 Å². The minimum Gasteiger partial charge on any atom is -0.493 e. The first-order chi connectivity index (χ1) is 15.2. The van der Waals surface area contributed by atoms with E-state index in [0.717, 1.165) is 0 Å². The summed E-state index contributed by atoms with van der Waals surface area (Å²) in [6, 6.07) is 7.87. The van der Waals surface area contributed by atoms with Crippen LogP contribution in [0.15, 0.2) is 30.3 Å². The molecule has 2 amide bonds. The molecule has 0 spiro atoms. The maximum atomic E-state index is 13.7. The fourth-order valence-corrected chi connectivity index (χ4v) is 3.47. The van der Waals surface area contributed by atoms with E-state index in [1.807, 2.05) is 0 Å². The van der Waals surface area contributed by atoms with E-state index < -0.39 is 22.6 Å². The van der Waals surface area contributed by atoms with Crippen LogP contribution in [0.5, 0.6) is 23.0 Å². The van der Waals surface area contributed by atoms with Crippen LogP contribution in [0.4, 0.5) is 11.4 Å².